The number of hydrogen-bond acceptors (Lipinski definition) is 5. The Labute approximate surface area is 124 Å². The average Bonchev–Trinajstić information content (AvgIpc) is 3.11. The first-order chi connectivity index (χ1) is 9.80. The molecule has 1 unspecified atom stereocenters. The van der Waals surface area contributed by atoms with E-state index >= 15 is 0 Å². The monoisotopic (exact) mass is 294 g/mol. The van der Waals surface area contributed by atoms with Crippen molar-refractivity contribution in [1.29, 1.82) is 0 Å². The molecule has 6 heteroatoms. The number of rotatable bonds is 8. The lowest BCUT2D eigenvalue weighted by Crippen LogP contribution is -2.25. The van der Waals surface area contributed by atoms with Gasteiger partial charge in [-0.2, -0.15) is 5.10 Å². The zero-order valence-corrected chi connectivity index (χ0v) is 13.1. The van der Waals surface area contributed by atoms with Gasteiger partial charge in [0.1, 0.15) is 17.9 Å². The summed E-state index contributed by atoms with van der Waals surface area (Å²) in [5, 5.41) is 9.90. The lowest BCUT2D eigenvalue weighted by atomic mass is 10.1. The molecule has 0 aliphatic carbocycles. The van der Waals surface area contributed by atoms with Crippen molar-refractivity contribution in [2.45, 2.75) is 39.3 Å². The molecule has 0 radical (unpaired) electrons. The van der Waals surface area contributed by atoms with Gasteiger partial charge >= 0.3 is 0 Å². The fourth-order valence-electron chi connectivity index (χ4n) is 2.20. The first kappa shape index (κ1) is 15.0. The largest absolute Gasteiger partial charge is 0.496 e. The van der Waals surface area contributed by atoms with Crippen molar-refractivity contribution in [3.63, 3.8) is 0 Å². The van der Waals surface area contributed by atoms with Crippen molar-refractivity contribution < 1.29 is 4.74 Å². The van der Waals surface area contributed by atoms with Gasteiger partial charge in [-0.3, -0.25) is 4.68 Å². The maximum atomic E-state index is 5.45. The van der Waals surface area contributed by atoms with Crippen LogP contribution in [0, 0.1) is 0 Å². The van der Waals surface area contributed by atoms with Gasteiger partial charge in [-0.05, 0) is 31.3 Å². The Kier molecular flexibility index (Phi) is 5.55. The maximum Gasteiger partial charge on any atom is 0.138 e. The number of hydrogen-bond donors (Lipinski definition) is 1. The molecular formula is C14H22N4OS. The van der Waals surface area contributed by atoms with Crippen LogP contribution in [0.5, 0.6) is 5.75 Å². The summed E-state index contributed by atoms with van der Waals surface area (Å²) in [5.41, 5.74) is 0. The molecule has 2 aromatic heterocycles. The van der Waals surface area contributed by atoms with Crippen LogP contribution in [0.3, 0.4) is 0 Å². The number of aromatic nitrogens is 3. The highest BCUT2D eigenvalue weighted by Gasteiger charge is 2.20. The second-order valence-electron chi connectivity index (χ2n) is 4.56. The number of nitrogens with one attached hydrogen (secondary N) is 1. The number of nitrogens with zero attached hydrogens (tertiary/aromatic N) is 3. The number of aryl methyl sites for hydroxylation is 1. The number of methoxy groups -OCH3 is 1. The van der Waals surface area contributed by atoms with Gasteiger partial charge < -0.3 is 10.1 Å². The normalized spacial score (nSPS) is 12.6. The van der Waals surface area contributed by atoms with Gasteiger partial charge in [0, 0.05) is 13.0 Å². The molecule has 0 saturated carbocycles. The van der Waals surface area contributed by atoms with Crippen molar-refractivity contribution in [3.8, 4) is 5.75 Å². The van der Waals surface area contributed by atoms with E-state index < -0.39 is 0 Å². The van der Waals surface area contributed by atoms with Crippen molar-refractivity contribution >= 4 is 11.3 Å². The minimum absolute atomic E-state index is 0.222. The molecule has 2 heterocycles. The Balaban J connectivity index is 2.19. The Morgan fingerprint density at radius 3 is 3.00 bits per heavy atom. The third kappa shape index (κ3) is 3.37. The van der Waals surface area contributed by atoms with Gasteiger partial charge in [0.25, 0.3) is 0 Å². The molecule has 1 N–H and O–H groups in total. The lowest BCUT2D eigenvalue weighted by Gasteiger charge is -2.18. The lowest BCUT2D eigenvalue weighted by molar-refractivity contribution is 0.400. The van der Waals surface area contributed by atoms with Gasteiger partial charge in [-0.25, -0.2) is 4.98 Å². The van der Waals surface area contributed by atoms with Gasteiger partial charge in [0.2, 0.25) is 0 Å². The molecule has 2 rings (SSSR count). The number of ether oxygens (including phenoxy) is 1. The van der Waals surface area contributed by atoms with Crippen LogP contribution in [0.15, 0.2) is 17.8 Å². The van der Waals surface area contributed by atoms with Crippen LogP contribution < -0.4 is 10.1 Å². The predicted octanol–water partition coefficient (Wildman–Crippen LogP) is 2.65. The first-order valence-electron chi connectivity index (χ1n) is 7.01. The summed E-state index contributed by atoms with van der Waals surface area (Å²) >= 11 is 1.72. The van der Waals surface area contributed by atoms with E-state index in [4.69, 9.17) is 4.74 Å². The maximum absolute atomic E-state index is 5.45. The number of thiophene rings is 1. The van der Waals surface area contributed by atoms with E-state index in [9.17, 15) is 0 Å². The average molecular weight is 294 g/mol. The molecule has 0 saturated heterocycles. The van der Waals surface area contributed by atoms with Crippen molar-refractivity contribution in [3.05, 3.63) is 28.5 Å². The van der Waals surface area contributed by atoms with E-state index in [1.54, 1.807) is 24.8 Å². The molecular weight excluding hydrogens is 272 g/mol. The highest BCUT2D eigenvalue weighted by molar-refractivity contribution is 7.10. The van der Waals surface area contributed by atoms with Gasteiger partial charge in [0.15, 0.2) is 0 Å². The van der Waals surface area contributed by atoms with E-state index in [0.29, 0.717) is 0 Å². The van der Waals surface area contributed by atoms with Crippen LogP contribution in [0.25, 0.3) is 0 Å². The third-order valence-corrected chi connectivity index (χ3v) is 4.23. The first-order valence-corrected chi connectivity index (χ1v) is 7.89. The Hall–Kier alpha value is -1.40. The SMILES string of the molecule is CCCNC(Cc1ncnn1CC)c1sccc1OC. The van der Waals surface area contributed by atoms with E-state index in [2.05, 4.69) is 34.6 Å². The summed E-state index contributed by atoms with van der Waals surface area (Å²) in [4.78, 5) is 5.60. The Morgan fingerprint density at radius 2 is 2.30 bits per heavy atom. The zero-order chi connectivity index (χ0) is 14.4. The van der Waals surface area contributed by atoms with Gasteiger partial charge in [-0.1, -0.05) is 6.92 Å². The van der Waals surface area contributed by atoms with E-state index in [-0.39, 0.29) is 6.04 Å². The minimum atomic E-state index is 0.222. The summed E-state index contributed by atoms with van der Waals surface area (Å²) < 4.78 is 7.39. The standard InChI is InChI=1S/C14H22N4OS/c1-4-7-15-11(14-12(19-3)6-8-20-14)9-13-16-10-17-18(13)5-2/h6,8,10-11,15H,4-5,7,9H2,1-3H3. The molecule has 0 aliphatic heterocycles. The fourth-order valence-corrected chi connectivity index (χ4v) is 3.14. The highest BCUT2D eigenvalue weighted by atomic mass is 32.1. The molecule has 0 spiro atoms. The Morgan fingerprint density at radius 1 is 1.45 bits per heavy atom. The molecule has 2 aromatic rings. The van der Waals surface area contributed by atoms with Crippen LogP contribution in [0.2, 0.25) is 0 Å². The molecule has 0 bridgehead atoms. The summed E-state index contributed by atoms with van der Waals surface area (Å²) in [7, 11) is 1.72. The van der Waals surface area contributed by atoms with Gasteiger partial charge in [0.05, 0.1) is 18.0 Å². The van der Waals surface area contributed by atoms with Crippen molar-refractivity contribution in [2.24, 2.45) is 0 Å². The zero-order valence-electron chi connectivity index (χ0n) is 12.3. The van der Waals surface area contributed by atoms with Crippen LogP contribution >= 0.6 is 11.3 Å². The Bertz CT molecular complexity index is 523. The second-order valence-corrected chi connectivity index (χ2v) is 5.50. The van der Waals surface area contributed by atoms with Crippen molar-refractivity contribution in [1.82, 2.24) is 20.1 Å². The van der Waals surface area contributed by atoms with Gasteiger partial charge in [-0.15, -0.1) is 11.3 Å². The smallest absolute Gasteiger partial charge is 0.138 e. The quantitative estimate of drug-likeness (QED) is 0.813. The fraction of sp³-hybridized carbons (Fsp3) is 0.571. The van der Waals surface area contributed by atoms with Crippen LogP contribution in [-0.4, -0.2) is 28.4 Å². The van der Waals surface area contributed by atoms with E-state index in [1.807, 2.05) is 10.7 Å². The molecule has 5 nitrogen and oxygen atoms in total. The molecule has 20 heavy (non-hydrogen) atoms. The third-order valence-electron chi connectivity index (χ3n) is 3.22. The minimum Gasteiger partial charge on any atom is -0.496 e. The highest BCUT2D eigenvalue weighted by Crippen LogP contribution is 2.32. The van der Waals surface area contributed by atoms with Crippen LogP contribution in [0.1, 0.15) is 37.0 Å². The summed E-state index contributed by atoms with van der Waals surface area (Å²) in [6, 6.07) is 2.24. The van der Waals surface area contributed by atoms with E-state index in [1.165, 1.54) is 4.88 Å². The molecule has 0 aromatic carbocycles. The molecule has 0 amide bonds. The van der Waals surface area contributed by atoms with E-state index in [0.717, 1.165) is 37.5 Å². The molecule has 1 atom stereocenters. The van der Waals surface area contributed by atoms with Crippen molar-refractivity contribution in [2.75, 3.05) is 13.7 Å². The summed E-state index contributed by atoms with van der Waals surface area (Å²) in [6.45, 7) is 6.08. The summed E-state index contributed by atoms with van der Waals surface area (Å²) in [6.07, 6.45) is 3.55. The van der Waals surface area contributed by atoms with Crippen LogP contribution in [0.4, 0.5) is 0 Å². The topological polar surface area (TPSA) is 52.0 Å². The second kappa shape index (κ2) is 7.40. The molecule has 110 valence electrons. The van der Waals surface area contributed by atoms with Crippen LogP contribution in [-0.2, 0) is 13.0 Å². The summed E-state index contributed by atoms with van der Waals surface area (Å²) in [5.74, 6) is 1.96. The predicted molar refractivity (Wildman–Crippen MR) is 81.3 cm³/mol. The molecule has 0 aliphatic rings. The molecule has 0 fully saturated rings.